The quantitative estimate of drug-likeness (QED) is 0.199. The summed E-state index contributed by atoms with van der Waals surface area (Å²) in [5.74, 6) is 1.48. The standard InChI is InChI=1S/C24H34N2O4S.CH3I/c1-5-6-16-29-20-9-10-23-21(17-20)22(18-24(2,3)30-23)26(31(4,27)28)15-7-8-19-11-13-25-14-12-19;1-2/h9-14,17,22H,5-8,15-16,18H2,1-4H3;1H3. The van der Waals surface area contributed by atoms with Gasteiger partial charge in [-0.3, -0.25) is 4.98 Å². The first-order chi connectivity index (χ1) is 15.7. The summed E-state index contributed by atoms with van der Waals surface area (Å²) in [6.45, 7) is 7.23. The van der Waals surface area contributed by atoms with Crippen molar-refractivity contribution in [2.24, 2.45) is 0 Å². The highest BCUT2D eigenvalue weighted by Crippen LogP contribution is 2.44. The second-order valence-electron chi connectivity index (χ2n) is 8.82. The van der Waals surface area contributed by atoms with Crippen LogP contribution < -0.4 is 9.47 Å². The normalized spacial score (nSPS) is 16.9. The number of ether oxygens (including phenoxy) is 2. The minimum Gasteiger partial charge on any atom is -0.494 e. The van der Waals surface area contributed by atoms with Crippen LogP contribution in [-0.2, 0) is 16.4 Å². The van der Waals surface area contributed by atoms with Gasteiger partial charge in [-0.2, -0.15) is 4.31 Å². The van der Waals surface area contributed by atoms with Crippen molar-refractivity contribution in [3.05, 3.63) is 53.9 Å². The molecule has 0 bridgehead atoms. The maximum atomic E-state index is 12.8. The number of pyridine rings is 1. The minimum absolute atomic E-state index is 0.291. The van der Waals surface area contributed by atoms with Gasteiger partial charge in [-0.1, -0.05) is 35.9 Å². The topological polar surface area (TPSA) is 68.7 Å². The molecule has 1 aliphatic rings. The van der Waals surface area contributed by atoms with E-state index < -0.39 is 15.6 Å². The van der Waals surface area contributed by atoms with Gasteiger partial charge in [0.1, 0.15) is 17.1 Å². The van der Waals surface area contributed by atoms with E-state index in [1.807, 2.05) is 49.1 Å². The first-order valence-corrected chi connectivity index (χ1v) is 15.4. The summed E-state index contributed by atoms with van der Waals surface area (Å²) in [6.07, 6.45) is 8.98. The van der Waals surface area contributed by atoms with Gasteiger partial charge in [0.2, 0.25) is 10.0 Å². The van der Waals surface area contributed by atoms with Gasteiger partial charge in [-0.25, -0.2) is 8.42 Å². The Balaban J connectivity index is 0.00000187. The summed E-state index contributed by atoms with van der Waals surface area (Å²) in [5, 5.41) is 0. The number of benzene rings is 1. The molecule has 0 saturated carbocycles. The van der Waals surface area contributed by atoms with Crippen molar-refractivity contribution in [2.45, 2.75) is 64.5 Å². The number of aryl methyl sites for hydroxylation is 1. The SMILES string of the molecule is CCCCOc1ccc2c(c1)C(N(CCCc1ccncc1)S(C)(=O)=O)CC(C)(C)O2.CI. The molecule has 0 spiro atoms. The molecule has 184 valence electrons. The van der Waals surface area contributed by atoms with Crippen LogP contribution in [-0.4, -0.2) is 47.6 Å². The molecule has 6 nitrogen and oxygen atoms in total. The van der Waals surface area contributed by atoms with E-state index in [9.17, 15) is 8.42 Å². The predicted octanol–water partition coefficient (Wildman–Crippen LogP) is 5.81. The van der Waals surface area contributed by atoms with Crippen LogP contribution in [0.4, 0.5) is 0 Å². The van der Waals surface area contributed by atoms with E-state index in [2.05, 4.69) is 34.5 Å². The number of rotatable bonds is 10. The molecular formula is C25H37IN2O4S. The summed E-state index contributed by atoms with van der Waals surface area (Å²) in [4.78, 5) is 6.02. The van der Waals surface area contributed by atoms with E-state index in [0.717, 1.165) is 48.3 Å². The lowest BCUT2D eigenvalue weighted by Crippen LogP contribution is -2.43. The molecule has 0 fully saturated rings. The summed E-state index contributed by atoms with van der Waals surface area (Å²) in [5.41, 5.74) is 1.57. The molecule has 2 aromatic rings. The number of alkyl halides is 1. The van der Waals surface area contributed by atoms with Crippen molar-refractivity contribution < 1.29 is 17.9 Å². The number of hydrogen-bond acceptors (Lipinski definition) is 5. The Kier molecular flexibility index (Phi) is 10.9. The molecule has 0 amide bonds. The number of halogens is 1. The van der Waals surface area contributed by atoms with Crippen molar-refractivity contribution >= 4 is 32.6 Å². The van der Waals surface area contributed by atoms with Gasteiger partial charge in [0.25, 0.3) is 0 Å². The number of nitrogens with zero attached hydrogens (tertiary/aromatic N) is 2. The van der Waals surface area contributed by atoms with Crippen LogP contribution in [0.25, 0.3) is 0 Å². The highest BCUT2D eigenvalue weighted by atomic mass is 127. The Labute approximate surface area is 213 Å². The van der Waals surface area contributed by atoms with Gasteiger partial charge in [-0.05, 0) is 73.9 Å². The highest BCUT2D eigenvalue weighted by molar-refractivity contribution is 14.1. The Hall–Kier alpha value is -1.39. The van der Waals surface area contributed by atoms with Gasteiger partial charge in [0, 0.05) is 30.9 Å². The molecule has 8 heteroatoms. The number of unbranched alkanes of at least 4 members (excludes halogenated alkanes) is 1. The number of hydrogen-bond donors (Lipinski definition) is 0. The zero-order valence-corrected chi connectivity index (χ0v) is 23.4. The fourth-order valence-corrected chi connectivity index (χ4v) is 5.13. The van der Waals surface area contributed by atoms with Gasteiger partial charge >= 0.3 is 0 Å². The van der Waals surface area contributed by atoms with Crippen LogP contribution in [0.15, 0.2) is 42.7 Å². The number of fused-ring (bicyclic) bond motifs is 1. The van der Waals surface area contributed by atoms with E-state index in [1.54, 1.807) is 16.7 Å². The average Bonchev–Trinajstić information content (AvgIpc) is 2.77. The largest absolute Gasteiger partial charge is 0.494 e. The van der Waals surface area contributed by atoms with E-state index in [1.165, 1.54) is 6.26 Å². The molecule has 0 radical (unpaired) electrons. The van der Waals surface area contributed by atoms with Crippen LogP contribution in [0.2, 0.25) is 0 Å². The molecule has 0 aliphatic carbocycles. The minimum atomic E-state index is -3.42. The summed E-state index contributed by atoms with van der Waals surface area (Å²) >= 11 is 2.15. The van der Waals surface area contributed by atoms with Crippen molar-refractivity contribution in [1.29, 1.82) is 0 Å². The Morgan fingerprint density at radius 3 is 2.52 bits per heavy atom. The fraction of sp³-hybridized carbons (Fsp3) is 0.560. The van der Waals surface area contributed by atoms with Crippen LogP contribution in [0.5, 0.6) is 11.5 Å². The van der Waals surface area contributed by atoms with Crippen molar-refractivity contribution in [3.63, 3.8) is 0 Å². The van der Waals surface area contributed by atoms with E-state index in [4.69, 9.17) is 9.47 Å². The smallest absolute Gasteiger partial charge is 0.211 e. The molecule has 33 heavy (non-hydrogen) atoms. The zero-order valence-electron chi connectivity index (χ0n) is 20.4. The third-order valence-corrected chi connectivity index (χ3v) is 6.83. The maximum absolute atomic E-state index is 12.8. The lowest BCUT2D eigenvalue weighted by atomic mass is 9.89. The first-order valence-electron chi connectivity index (χ1n) is 11.4. The molecule has 1 aromatic carbocycles. The second kappa shape index (κ2) is 12.9. The molecule has 1 aliphatic heterocycles. The molecule has 1 atom stereocenters. The van der Waals surface area contributed by atoms with Crippen LogP contribution in [0.1, 0.15) is 63.6 Å². The second-order valence-corrected chi connectivity index (χ2v) is 10.8. The van der Waals surface area contributed by atoms with E-state index >= 15 is 0 Å². The van der Waals surface area contributed by atoms with Gasteiger partial charge in [-0.15, -0.1) is 0 Å². The first kappa shape index (κ1) is 27.9. The Morgan fingerprint density at radius 2 is 1.88 bits per heavy atom. The average molecular weight is 589 g/mol. The third kappa shape index (κ3) is 8.40. The lowest BCUT2D eigenvalue weighted by molar-refractivity contribution is 0.0500. The maximum Gasteiger partial charge on any atom is 0.211 e. The molecule has 1 unspecified atom stereocenters. The Morgan fingerprint density at radius 1 is 1.18 bits per heavy atom. The fourth-order valence-electron chi connectivity index (χ4n) is 4.02. The third-order valence-electron chi connectivity index (χ3n) is 5.54. The van der Waals surface area contributed by atoms with Crippen LogP contribution in [0, 0.1) is 0 Å². The molecular weight excluding hydrogens is 551 g/mol. The van der Waals surface area contributed by atoms with Gasteiger partial charge < -0.3 is 9.47 Å². The monoisotopic (exact) mass is 588 g/mol. The van der Waals surface area contributed by atoms with Gasteiger partial charge in [0.15, 0.2) is 0 Å². The number of sulfonamides is 1. The summed E-state index contributed by atoms with van der Waals surface area (Å²) in [6, 6.07) is 9.41. The van der Waals surface area contributed by atoms with Crippen molar-refractivity contribution in [2.75, 3.05) is 24.3 Å². The zero-order chi connectivity index (χ0) is 24.5. The van der Waals surface area contributed by atoms with Crippen LogP contribution >= 0.6 is 22.6 Å². The predicted molar refractivity (Wildman–Crippen MR) is 143 cm³/mol. The van der Waals surface area contributed by atoms with Crippen LogP contribution in [0.3, 0.4) is 0 Å². The van der Waals surface area contributed by atoms with E-state index in [0.29, 0.717) is 19.6 Å². The Bertz CT molecular complexity index is 968. The highest BCUT2D eigenvalue weighted by Gasteiger charge is 2.40. The summed E-state index contributed by atoms with van der Waals surface area (Å²) < 4.78 is 39.4. The molecule has 0 saturated heterocycles. The number of aromatic nitrogens is 1. The molecule has 2 heterocycles. The van der Waals surface area contributed by atoms with Gasteiger partial charge in [0.05, 0.1) is 18.9 Å². The molecule has 3 rings (SSSR count). The molecule has 0 N–H and O–H groups in total. The van der Waals surface area contributed by atoms with Crippen molar-refractivity contribution in [3.8, 4) is 11.5 Å². The summed E-state index contributed by atoms with van der Waals surface area (Å²) in [7, 11) is -3.42. The lowest BCUT2D eigenvalue weighted by Gasteiger charge is -2.41. The molecule has 1 aromatic heterocycles. The van der Waals surface area contributed by atoms with E-state index in [-0.39, 0.29) is 6.04 Å². The van der Waals surface area contributed by atoms with Crippen molar-refractivity contribution in [1.82, 2.24) is 9.29 Å².